The Kier molecular flexibility index (Phi) is 8.60. The Balaban J connectivity index is 1.45. The van der Waals surface area contributed by atoms with E-state index in [0.29, 0.717) is 12.8 Å². The summed E-state index contributed by atoms with van der Waals surface area (Å²) in [5.74, 6) is -0.475. The van der Waals surface area contributed by atoms with Crippen molar-refractivity contribution in [3.8, 4) is 0 Å². The summed E-state index contributed by atoms with van der Waals surface area (Å²) in [6.07, 6.45) is 0.903. The van der Waals surface area contributed by atoms with Gasteiger partial charge in [0, 0.05) is 32.7 Å². The molecular formula is C23H24Br2N4O2S2. The van der Waals surface area contributed by atoms with Gasteiger partial charge < -0.3 is 21.3 Å². The molecule has 0 unspecified atom stereocenters. The first-order valence-electron chi connectivity index (χ1n) is 10.3. The van der Waals surface area contributed by atoms with Crippen LogP contribution in [0.4, 0.5) is 11.4 Å². The van der Waals surface area contributed by atoms with Gasteiger partial charge in [-0.1, -0.05) is 45.7 Å². The lowest BCUT2D eigenvalue weighted by molar-refractivity contribution is -0.143. The Morgan fingerprint density at radius 1 is 0.879 bits per heavy atom. The van der Waals surface area contributed by atoms with Crippen LogP contribution in [-0.2, 0) is 9.59 Å². The fourth-order valence-electron chi connectivity index (χ4n) is 3.80. The smallest absolute Gasteiger partial charge is 0.229 e. The molecule has 2 aromatic rings. The third kappa shape index (κ3) is 7.05. The second kappa shape index (κ2) is 11.0. The average molecular weight is 612 g/mol. The summed E-state index contributed by atoms with van der Waals surface area (Å²) in [7, 11) is 0. The van der Waals surface area contributed by atoms with Crippen molar-refractivity contribution in [2.75, 3.05) is 10.6 Å². The van der Waals surface area contributed by atoms with E-state index in [2.05, 4.69) is 53.1 Å². The molecule has 0 saturated heterocycles. The molecule has 10 heteroatoms. The van der Waals surface area contributed by atoms with Gasteiger partial charge in [0.2, 0.25) is 11.8 Å². The predicted octanol–water partition coefficient (Wildman–Crippen LogP) is 5.59. The van der Waals surface area contributed by atoms with E-state index in [4.69, 9.17) is 24.4 Å². The van der Waals surface area contributed by atoms with Crippen LogP contribution in [0.1, 0.15) is 26.7 Å². The van der Waals surface area contributed by atoms with Crippen molar-refractivity contribution in [2.24, 2.45) is 17.3 Å². The summed E-state index contributed by atoms with van der Waals surface area (Å²) >= 11 is 17.3. The number of nitrogens with one attached hydrogen (secondary N) is 4. The Labute approximate surface area is 220 Å². The molecule has 2 atom stereocenters. The minimum absolute atomic E-state index is 0.0664. The fourth-order valence-corrected chi connectivity index (χ4v) is 4.78. The van der Waals surface area contributed by atoms with Crippen molar-refractivity contribution < 1.29 is 9.59 Å². The van der Waals surface area contributed by atoms with Gasteiger partial charge in [0.1, 0.15) is 0 Å². The van der Waals surface area contributed by atoms with Crippen molar-refractivity contribution in [2.45, 2.75) is 26.7 Å². The fraction of sp³-hybridized carbons (Fsp3) is 0.304. The predicted molar refractivity (Wildman–Crippen MR) is 147 cm³/mol. The van der Waals surface area contributed by atoms with Gasteiger partial charge in [-0.2, -0.15) is 0 Å². The SMILES string of the molecule is CC1(C)[C@@H](CC(=O)NC(=S)Nc2ccc(Br)cc2)C[C@H]1C(=O)NC(=S)Nc1ccc(Br)cc1. The number of anilines is 2. The summed E-state index contributed by atoms with van der Waals surface area (Å²) in [6, 6.07) is 15.0. The van der Waals surface area contributed by atoms with Gasteiger partial charge in [-0.05, 0) is 90.7 Å². The number of halogens is 2. The number of benzene rings is 2. The van der Waals surface area contributed by atoms with Crippen LogP contribution in [0.5, 0.6) is 0 Å². The maximum absolute atomic E-state index is 12.8. The molecule has 1 aliphatic carbocycles. The van der Waals surface area contributed by atoms with Crippen LogP contribution in [0.25, 0.3) is 0 Å². The highest BCUT2D eigenvalue weighted by Gasteiger charge is 2.52. The van der Waals surface area contributed by atoms with E-state index in [-0.39, 0.29) is 39.3 Å². The van der Waals surface area contributed by atoms with Crippen LogP contribution >= 0.6 is 56.3 Å². The highest BCUT2D eigenvalue weighted by atomic mass is 79.9. The Morgan fingerprint density at radius 3 is 1.79 bits per heavy atom. The molecule has 0 spiro atoms. The largest absolute Gasteiger partial charge is 0.332 e. The van der Waals surface area contributed by atoms with E-state index in [1.165, 1.54) is 0 Å². The second-order valence-corrected chi connectivity index (χ2v) is 11.1. The van der Waals surface area contributed by atoms with Crippen molar-refractivity contribution in [1.82, 2.24) is 10.6 Å². The van der Waals surface area contributed by atoms with Gasteiger partial charge in [-0.15, -0.1) is 0 Å². The van der Waals surface area contributed by atoms with E-state index in [0.717, 1.165) is 20.3 Å². The van der Waals surface area contributed by atoms with Crippen LogP contribution in [0.15, 0.2) is 57.5 Å². The number of rotatable bonds is 5. The van der Waals surface area contributed by atoms with E-state index in [1.54, 1.807) is 0 Å². The molecule has 1 fully saturated rings. The zero-order valence-corrected chi connectivity index (χ0v) is 22.9. The molecule has 3 rings (SSSR count). The van der Waals surface area contributed by atoms with Crippen LogP contribution in [0, 0.1) is 17.3 Å². The number of amides is 2. The Bertz CT molecular complexity index is 1060. The maximum Gasteiger partial charge on any atom is 0.229 e. The Hall–Kier alpha value is -1.88. The summed E-state index contributed by atoms with van der Waals surface area (Å²) in [5.41, 5.74) is 1.24. The van der Waals surface area contributed by atoms with Crippen molar-refractivity contribution >= 4 is 89.7 Å². The lowest BCUT2D eigenvalue weighted by atomic mass is 9.53. The summed E-state index contributed by atoms with van der Waals surface area (Å²) in [6.45, 7) is 4.00. The molecule has 0 aliphatic heterocycles. The van der Waals surface area contributed by atoms with Gasteiger partial charge in [0.05, 0.1) is 0 Å². The van der Waals surface area contributed by atoms with Gasteiger partial charge in [0.15, 0.2) is 10.2 Å². The lowest BCUT2D eigenvalue weighted by Crippen LogP contribution is -2.55. The average Bonchev–Trinajstić information content (AvgIpc) is 2.74. The first-order chi connectivity index (χ1) is 15.5. The van der Waals surface area contributed by atoms with E-state index < -0.39 is 0 Å². The quantitative estimate of drug-likeness (QED) is 0.330. The molecule has 2 amide bonds. The van der Waals surface area contributed by atoms with Crippen LogP contribution in [0.2, 0.25) is 0 Å². The Morgan fingerprint density at radius 2 is 1.33 bits per heavy atom. The first kappa shape index (κ1) is 25.7. The number of carbonyl (C=O) groups excluding carboxylic acids is 2. The van der Waals surface area contributed by atoms with Crippen molar-refractivity contribution in [3.05, 3.63) is 57.5 Å². The van der Waals surface area contributed by atoms with E-state index in [1.807, 2.05) is 62.4 Å². The molecule has 2 aromatic carbocycles. The molecular weight excluding hydrogens is 588 g/mol. The molecule has 0 bridgehead atoms. The van der Waals surface area contributed by atoms with Crippen LogP contribution < -0.4 is 21.3 Å². The summed E-state index contributed by atoms with van der Waals surface area (Å²) < 4.78 is 1.91. The number of hydrogen-bond acceptors (Lipinski definition) is 4. The van der Waals surface area contributed by atoms with E-state index in [9.17, 15) is 9.59 Å². The van der Waals surface area contributed by atoms with Crippen LogP contribution in [0.3, 0.4) is 0 Å². The van der Waals surface area contributed by atoms with Gasteiger partial charge in [-0.25, -0.2) is 0 Å². The topological polar surface area (TPSA) is 82.3 Å². The zero-order chi connectivity index (χ0) is 24.2. The first-order valence-corrected chi connectivity index (χ1v) is 12.7. The highest BCUT2D eigenvalue weighted by Crippen LogP contribution is 2.52. The molecule has 0 aromatic heterocycles. The minimum atomic E-state index is -0.338. The number of hydrogen-bond donors (Lipinski definition) is 4. The minimum Gasteiger partial charge on any atom is -0.332 e. The number of thiocarbonyl (C=S) groups is 2. The normalized spacial score (nSPS) is 18.4. The van der Waals surface area contributed by atoms with Crippen molar-refractivity contribution in [1.29, 1.82) is 0 Å². The standard InChI is InChI=1S/C23H24Br2N4O2S2/c1-23(2)13(12-19(30)28-21(32)26-16-7-3-14(24)4-8-16)11-18(23)20(31)29-22(33)27-17-9-5-15(25)6-10-17/h3-10,13,18H,11-12H2,1-2H3,(H2,26,28,30,32)(H2,27,29,31,33)/t13-,18+/m1/s1. The molecule has 33 heavy (non-hydrogen) atoms. The van der Waals surface area contributed by atoms with Gasteiger partial charge in [0.25, 0.3) is 0 Å². The number of carbonyl (C=O) groups is 2. The summed E-state index contributed by atoms with van der Waals surface area (Å²) in [4.78, 5) is 25.2. The molecule has 0 heterocycles. The lowest BCUT2D eigenvalue weighted by Gasteiger charge is -2.51. The van der Waals surface area contributed by atoms with Crippen LogP contribution in [-0.4, -0.2) is 22.0 Å². The van der Waals surface area contributed by atoms with Gasteiger partial charge >= 0.3 is 0 Å². The van der Waals surface area contributed by atoms with Gasteiger partial charge in [-0.3, -0.25) is 9.59 Å². The van der Waals surface area contributed by atoms with Crippen molar-refractivity contribution in [3.63, 3.8) is 0 Å². The third-order valence-corrected chi connectivity index (χ3v) is 7.38. The highest BCUT2D eigenvalue weighted by molar-refractivity contribution is 9.10. The monoisotopic (exact) mass is 610 g/mol. The molecule has 4 N–H and O–H groups in total. The van der Waals surface area contributed by atoms with E-state index >= 15 is 0 Å². The molecule has 6 nitrogen and oxygen atoms in total. The molecule has 1 aliphatic rings. The molecule has 1 saturated carbocycles. The zero-order valence-electron chi connectivity index (χ0n) is 18.1. The molecule has 0 radical (unpaired) electrons. The third-order valence-electron chi connectivity index (χ3n) is 5.91. The maximum atomic E-state index is 12.8. The summed E-state index contributed by atoms with van der Waals surface area (Å²) in [5, 5.41) is 12.0. The molecule has 174 valence electrons. The second-order valence-electron chi connectivity index (χ2n) is 8.47.